The number of aryl methyl sites for hydroxylation is 1. The van der Waals surface area contributed by atoms with Gasteiger partial charge < -0.3 is 20.3 Å². The number of carbonyl (C=O) groups excluding carboxylic acids is 1. The molecular formula is C22H22BrN5O2. The van der Waals surface area contributed by atoms with Gasteiger partial charge in [-0.25, -0.2) is 4.98 Å². The predicted molar refractivity (Wildman–Crippen MR) is 122 cm³/mol. The number of aromatic nitrogens is 2. The van der Waals surface area contributed by atoms with Crippen LogP contribution in [0.2, 0.25) is 0 Å². The second-order valence-electron chi connectivity index (χ2n) is 6.96. The standard InChI is InChI=1S/C22H22BrN5O2/c1-15-13-20(27-22(24-15)28-9-11-30-12-10-28)25-18-5-7-19(8-6-18)26-21(29)16-3-2-4-17(23)14-16/h2-8,13-14H,9-12H2,1H3,(H,26,29)(H,24,25,27). The van der Waals surface area contributed by atoms with E-state index in [2.05, 4.69) is 41.4 Å². The predicted octanol–water partition coefficient (Wildman–Crippen LogP) is 4.38. The molecule has 1 fully saturated rings. The molecule has 1 aliphatic heterocycles. The first-order valence-electron chi connectivity index (χ1n) is 9.69. The van der Waals surface area contributed by atoms with Crippen LogP contribution in [-0.2, 0) is 4.74 Å². The van der Waals surface area contributed by atoms with E-state index in [1.807, 2.05) is 49.4 Å². The smallest absolute Gasteiger partial charge is 0.255 e. The van der Waals surface area contributed by atoms with Crippen molar-refractivity contribution in [2.24, 2.45) is 0 Å². The summed E-state index contributed by atoms with van der Waals surface area (Å²) in [6.45, 7) is 4.91. The van der Waals surface area contributed by atoms with Crippen LogP contribution in [-0.4, -0.2) is 42.2 Å². The molecule has 1 amide bonds. The van der Waals surface area contributed by atoms with Gasteiger partial charge in [-0.15, -0.1) is 0 Å². The molecule has 30 heavy (non-hydrogen) atoms. The quantitative estimate of drug-likeness (QED) is 0.579. The molecule has 0 radical (unpaired) electrons. The van der Waals surface area contributed by atoms with Gasteiger partial charge in [0.05, 0.1) is 13.2 Å². The van der Waals surface area contributed by atoms with Crippen LogP contribution in [0.25, 0.3) is 0 Å². The Labute approximate surface area is 183 Å². The highest BCUT2D eigenvalue weighted by molar-refractivity contribution is 9.10. The minimum atomic E-state index is -0.154. The van der Waals surface area contributed by atoms with Crippen molar-refractivity contribution < 1.29 is 9.53 Å². The van der Waals surface area contributed by atoms with Crippen LogP contribution >= 0.6 is 15.9 Å². The number of halogens is 1. The average Bonchev–Trinajstić information content (AvgIpc) is 2.75. The maximum absolute atomic E-state index is 12.4. The third-order valence-electron chi connectivity index (χ3n) is 4.64. The second-order valence-corrected chi connectivity index (χ2v) is 7.88. The van der Waals surface area contributed by atoms with Crippen LogP contribution in [0.5, 0.6) is 0 Å². The lowest BCUT2D eigenvalue weighted by Crippen LogP contribution is -2.37. The minimum Gasteiger partial charge on any atom is -0.378 e. The number of anilines is 4. The summed E-state index contributed by atoms with van der Waals surface area (Å²) in [5.74, 6) is 1.28. The Morgan fingerprint density at radius 1 is 1.03 bits per heavy atom. The lowest BCUT2D eigenvalue weighted by molar-refractivity contribution is 0.102. The highest BCUT2D eigenvalue weighted by Gasteiger charge is 2.15. The van der Waals surface area contributed by atoms with Crippen LogP contribution in [0.3, 0.4) is 0 Å². The van der Waals surface area contributed by atoms with E-state index >= 15 is 0 Å². The highest BCUT2D eigenvalue weighted by Crippen LogP contribution is 2.21. The van der Waals surface area contributed by atoms with Gasteiger partial charge in [0.1, 0.15) is 5.82 Å². The van der Waals surface area contributed by atoms with E-state index in [-0.39, 0.29) is 5.91 Å². The summed E-state index contributed by atoms with van der Waals surface area (Å²) in [5.41, 5.74) is 3.09. The first kappa shape index (κ1) is 20.3. The van der Waals surface area contributed by atoms with Crippen LogP contribution < -0.4 is 15.5 Å². The van der Waals surface area contributed by atoms with Crippen LogP contribution in [0, 0.1) is 6.92 Å². The Bertz CT molecular complexity index is 1040. The molecule has 2 aromatic carbocycles. The molecule has 0 unspecified atom stereocenters. The van der Waals surface area contributed by atoms with Gasteiger partial charge in [-0.1, -0.05) is 22.0 Å². The van der Waals surface area contributed by atoms with Crippen molar-refractivity contribution in [3.63, 3.8) is 0 Å². The number of morpholine rings is 1. The van der Waals surface area contributed by atoms with Gasteiger partial charge in [-0.05, 0) is 49.4 Å². The van der Waals surface area contributed by atoms with E-state index in [0.29, 0.717) is 24.7 Å². The molecule has 2 heterocycles. The van der Waals surface area contributed by atoms with Crippen molar-refractivity contribution >= 4 is 45.0 Å². The van der Waals surface area contributed by atoms with E-state index in [1.54, 1.807) is 12.1 Å². The van der Waals surface area contributed by atoms with Crippen molar-refractivity contribution in [2.45, 2.75) is 6.92 Å². The van der Waals surface area contributed by atoms with Crippen molar-refractivity contribution in [1.29, 1.82) is 0 Å². The third kappa shape index (κ3) is 5.14. The van der Waals surface area contributed by atoms with Crippen LogP contribution in [0.1, 0.15) is 16.1 Å². The van der Waals surface area contributed by atoms with Crippen molar-refractivity contribution in [3.8, 4) is 0 Å². The number of benzene rings is 2. The molecule has 0 aliphatic carbocycles. The molecule has 3 aromatic rings. The molecule has 2 N–H and O–H groups in total. The van der Waals surface area contributed by atoms with E-state index in [1.165, 1.54) is 0 Å². The summed E-state index contributed by atoms with van der Waals surface area (Å²) in [6, 6.07) is 16.7. The molecule has 8 heteroatoms. The van der Waals surface area contributed by atoms with E-state index in [4.69, 9.17) is 4.74 Å². The molecule has 0 spiro atoms. The Balaban J connectivity index is 1.43. The molecular weight excluding hydrogens is 446 g/mol. The summed E-state index contributed by atoms with van der Waals surface area (Å²) >= 11 is 3.38. The summed E-state index contributed by atoms with van der Waals surface area (Å²) in [4.78, 5) is 23.7. The Morgan fingerprint density at radius 3 is 2.50 bits per heavy atom. The molecule has 4 rings (SSSR count). The number of nitrogens with one attached hydrogen (secondary N) is 2. The molecule has 7 nitrogen and oxygen atoms in total. The van der Waals surface area contributed by atoms with Crippen molar-refractivity contribution in [3.05, 3.63) is 70.3 Å². The zero-order chi connectivity index (χ0) is 20.9. The lowest BCUT2D eigenvalue weighted by Gasteiger charge is -2.27. The Morgan fingerprint density at radius 2 is 1.77 bits per heavy atom. The maximum Gasteiger partial charge on any atom is 0.255 e. The van der Waals surface area contributed by atoms with Gasteiger partial charge in [0, 0.05) is 46.3 Å². The Hall–Kier alpha value is -2.97. The summed E-state index contributed by atoms with van der Waals surface area (Å²) < 4.78 is 6.27. The normalized spacial score (nSPS) is 13.7. The molecule has 0 saturated carbocycles. The molecule has 1 aromatic heterocycles. The number of hydrogen-bond acceptors (Lipinski definition) is 6. The fourth-order valence-electron chi connectivity index (χ4n) is 3.14. The molecule has 1 saturated heterocycles. The zero-order valence-electron chi connectivity index (χ0n) is 16.6. The average molecular weight is 468 g/mol. The maximum atomic E-state index is 12.4. The summed E-state index contributed by atoms with van der Waals surface area (Å²) in [6.07, 6.45) is 0. The van der Waals surface area contributed by atoms with Crippen LogP contribution in [0.4, 0.5) is 23.1 Å². The van der Waals surface area contributed by atoms with Gasteiger partial charge in [-0.2, -0.15) is 4.98 Å². The fourth-order valence-corrected chi connectivity index (χ4v) is 3.54. The zero-order valence-corrected chi connectivity index (χ0v) is 18.1. The lowest BCUT2D eigenvalue weighted by atomic mass is 10.2. The van der Waals surface area contributed by atoms with Crippen molar-refractivity contribution in [2.75, 3.05) is 41.8 Å². The largest absolute Gasteiger partial charge is 0.378 e. The van der Waals surface area contributed by atoms with Crippen molar-refractivity contribution in [1.82, 2.24) is 9.97 Å². The number of hydrogen-bond donors (Lipinski definition) is 2. The summed E-state index contributed by atoms with van der Waals surface area (Å²) in [7, 11) is 0. The molecule has 0 atom stereocenters. The minimum absolute atomic E-state index is 0.154. The fraction of sp³-hybridized carbons (Fsp3) is 0.227. The number of nitrogens with zero attached hydrogens (tertiary/aromatic N) is 3. The van der Waals surface area contributed by atoms with Crippen LogP contribution in [0.15, 0.2) is 59.1 Å². The number of amides is 1. The first-order valence-corrected chi connectivity index (χ1v) is 10.5. The number of rotatable bonds is 5. The first-order chi connectivity index (χ1) is 14.6. The molecule has 1 aliphatic rings. The van der Waals surface area contributed by atoms with E-state index < -0.39 is 0 Å². The van der Waals surface area contributed by atoms with Gasteiger partial charge in [0.15, 0.2) is 0 Å². The number of carbonyl (C=O) groups is 1. The van der Waals surface area contributed by atoms with Gasteiger partial charge in [0.2, 0.25) is 5.95 Å². The molecule has 0 bridgehead atoms. The van der Waals surface area contributed by atoms with Gasteiger partial charge in [0.25, 0.3) is 5.91 Å². The van der Waals surface area contributed by atoms with E-state index in [0.717, 1.165) is 40.4 Å². The third-order valence-corrected chi connectivity index (χ3v) is 5.13. The molecule has 154 valence electrons. The second kappa shape index (κ2) is 9.23. The highest BCUT2D eigenvalue weighted by atomic mass is 79.9. The topological polar surface area (TPSA) is 79.4 Å². The monoisotopic (exact) mass is 467 g/mol. The number of ether oxygens (including phenoxy) is 1. The van der Waals surface area contributed by atoms with Gasteiger partial charge >= 0.3 is 0 Å². The Kier molecular flexibility index (Phi) is 6.25. The SMILES string of the molecule is Cc1cc(Nc2ccc(NC(=O)c3cccc(Br)c3)cc2)nc(N2CCOCC2)n1. The van der Waals surface area contributed by atoms with Gasteiger partial charge in [-0.3, -0.25) is 4.79 Å². The van der Waals surface area contributed by atoms with E-state index in [9.17, 15) is 4.79 Å². The summed E-state index contributed by atoms with van der Waals surface area (Å²) in [5, 5.41) is 6.22.